The van der Waals surface area contributed by atoms with Gasteiger partial charge in [-0.3, -0.25) is 0 Å². The molecule has 0 aliphatic heterocycles. The van der Waals surface area contributed by atoms with Gasteiger partial charge < -0.3 is 0 Å². The van der Waals surface area contributed by atoms with Gasteiger partial charge in [-0.2, -0.15) is 0 Å². The highest BCUT2D eigenvalue weighted by Crippen LogP contribution is 2.21. The molecule has 0 unspecified atom stereocenters. The fourth-order valence-electron chi connectivity index (χ4n) is 4.09. The lowest BCUT2D eigenvalue weighted by atomic mass is 10.1. The minimum atomic E-state index is 0.351. The topological polar surface area (TPSA) is 116 Å². The summed E-state index contributed by atoms with van der Waals surface area (Å²) in [5, 5.41) is 0. The van der Waals surface area contributed by atoms with Crippen LogP contribution in [0.4, 0.5) is 0 Å². The van der Waals surface area contributed by atoms with Crippen molar-refractivity contribution in [1.82, 2.24) is 44.9 Å². The van der Waals surface area contributed by atoms with Gasteiger partial charge in [-0.1, -0.05) is 64.7 Å². The van der Waals surface area contributed by atoms with E-state index in [1.54, 1.807) is 37.2 Å². The van der Waals surface area contributed by atoms with Crippen LogP contribution in [0.25, 0.3) is 34.7 Å². The van der Waals surface area contributed by atoms with Crippen LogP contribution in [-0.4, -0.2) is 44.9 Å². The number of aromatic nitrogens is 9. The first-order valence-electron chi connectivity index (χ1n) is 13.8. The Balaban J connectivity index is 1.40. The van der Waals surface area contributed by atoms with Crippen LogP contribution in [0.2, 0.25) is 0 Å². The largest absolute Gasteiger partial charge is 0.241 e. The van der Waals surface area contributed by atoms with Crippen molar-refractivity contribution in [3.8, 4) is 34.7 Å². The highest BCUT2D eigenvalue weighted by molar-refractivity contribution is 5.59. The van der Waals surface area contributed by atoms with Gasteiger partial charge in [0.05, 0.1) is 5.56 Å². The maximum atomic E-state index is 4.62. The molecule has 9 nitrogen and oxygen atoms in total. The minimum Gasteiger partial charge on any atom is -0.241 e. The van der Waals surface area contributed by atoms with Crippen LogP contribution in [0.15, 0.2) is 37.2 Å². The van der Waals surface area contributed by atoms with E-state index in [4.69, 9.17) is 0 Å². The van der Waals surface area contributed by atoms with Gasteiger partial charge in [0.2, 0.25) is 11.6 Å². The monoisotopic (exact) mass is 511 g/mol. The van der Waals surface area contributed by atoms with Gasteiger partial charge >= 0.3 is 0 Å². The molecule has 4 heterocycles. The molecule has 0 saturated carbocycles. The fraction of sp³-hybridized carbons (Fsp3) is 0.483. The number of unbranched alkanes of at least 4 members (excludes halogenated alkanes) is 9. The Morgan fingerprint density at radius 3 is 1.34 bits per heavy atom. The smallest absolute Gasteiger partial charge is 0.201 e. The molecule has 4 aromatic rings. The Morgan fingerprint density at radius 2 is 0.868 bits per heavy atom. The summed E-state index contributed by atoms with van der Waals surface area (Å²) in [6.07, 6.45) is 24.5. The number of nitrogens with zero attached hydrogens (tertiary/aromatic N) is 9. The summed E-state index contributed by atoms with van der Waals surface area (Å²) in [5.41, 5.74) is 2.61. The Morgan fingerprint density at radius 1 is 0.447 bits per heavy atom. The molecule has 0 aliphatic rings. The maximum absolute atomic E-state index is 4.62. The average Bonchev–Trinajstić information content (AvgIpc) is 2.95. The van der Waals surface area contributed by atoms with E-state index in [9.17, 15) is 0 Å². The minimum absolute atomic E-state index is 0.351. The summed E-state index contributed by atoms with van der Waals surface area (Å²) in [5.74, 6) is 2.79. The van der Waals surface area contributed by atoms with Crippen LogP contribution in [-0.2, 0) is 6.42 Å². The van der Waals surface area contributed by atoms with Crippen LogP contribution in [0.3, 0.4) is 0 Å². The number of rotatable bonds is 14. The molecule has 0 bridgehead atoms. The Kier molecular flexibility index (Phi) is 10.2. The average molecular weight is 512 g/mol. The quantitative estimate of drug-likeness (QED) is 0.179. The van der Waals surface area contributed by atoms with Crippen LogP contribution in [0.1, 0.15) is 88.1 Å². The fourth-order valence-corrected chi connectivity index (χ4v) is 4.09. The van der Waals surface area contributed by atoms with Crippen molar-refractivity contribution in [2.45, 2.75) is 91.4 Å². The molecule has 4 rings (SSSR count). The third kappa shape index (κ3) is 8.13. The highest BCUT2D eigenvalue weighted by Gasteiger charge is 2.16. The van der Waals surface area contributed by atoms with Gasteiger partial charge in [0.15, 0.2) is 17.5 Å². The van der Waals surface area contributed by atoms with Crippen molar-refractivity contribution >= 4 is 0 Å². The predicted molar refractivity (Wildman–Crippen MR) is 148 cm³/mol. The summed E-state index contributed by atoms with van der Waals surface area (Å²) in [4.78, 5) is 40.5. The third-order valence-corrected chi connectivity index (χ3v) is 6.31. The summed E-state index contributed by atoms with van der Waals surface area (Å²) in [6.45, 7) is 6.13. The highest BCUT2D eigenvalue weighted by atomic mass is 15.1. The van der Waals surface area contributed by atoms with Crippen LogP contribution < -0.4 is 0 Å². The molecule has 0 N–H and O–H groups in total. The predicted octanol–water partition coefficient (Wildman–Crippen LogP) is 6.32. The first kappa shape index (κ1) is 27.3. The first-order chi connectivity index (χ1) is 18.6. The van der Waals surface area contributed by atoms with E-state index >= 15 is 0 Å². The summed E-state index contributed by atoms with van der Waals surface area (Å²) < 4.78 is 0. The Hall–Kier alpha value is -3.75. The molecule has 0 aromatic carbocycles. The molecule has 0 spiro atoms. The Bertz CT molecular complexity index is 1190. The van der Waals surface area contributed by atoms with Gasteiger partial charge in [0.1, 0.15) is 5.82 Å². The molecule has 0 atom stereocenters. The number of hydrogen-bond donors (Lipinski definition) is 0. The van der Waals surface area contributed by atoms with Gasteiger partial charge in [0, 0.05) is 43.6 Å². The lowest BCUT2D eigenvalue weighted by molar-refractivity contribution is 0.554. The van der Waals surface area contributed by atoms with E-state index in [1.807, 2.05) is 13.8 Å². The number of hydrogen-bond acceptors (Lipinski definition) is 9. The molecule has 9 heteroatoms. The molecular weight excluding hydrogens is 474 g/mol. The molecule has 0 fully saturated rings. The SMILES string of the molecule is CCCCCCCCCCCCc1ncc(-c2nc(-c3ncc(C)cn3)nc(-c3ncc(C)cn3)n2)cn1. The molecule has 198 valence electrons. The molecule has 0 saturated heterocycles. The third-order valence-electron chi connectivity index (χ3n) is 6.31. The van der Waals surface area contributed by atoms with Crippen molar-refractivity contribution in [3.63, 3.8) is 0 Å². The second-order valence-electron chi connectivity index (χ2n) is 9.79. The molecule has 38 heavy (non-hydrogen) atoms. The molecule has 4 aromatic heterocycles. The zero-order chi connectivity index (χ0) is 26.6. The van der Waals surface area contributed by atoms with Gasteiger partial charge in [-0.15, -0.1) is 0 Å². The van der Waals surface area contributed by atoms with E-state index in [-0.39, 0.29) is 0 Å². The van der Waals surface area contributed by atoms with Gasteiger partial charge in [-0.25, -0.2) is 44.9 Å². The van der Waals surface area contributed by atoms with Crippen LogP contribution >= 0.6 is 0 Å². The lowest BCUT2D eigenvalue weighted by Crippen LogP contribution is -2.05. The van der Waals surface area contributed by atoms with Crippen molar-refractivity contribution in [2.24, 2.45) is 0 Å². The van der Waals surface area contributed by atoms with Crippen molar-refractivity contribution in [1.29, 1.82) is 0 Å². The standard InChI is InChI=1S/C29H37N9/c1-4-5-6-7-8-9-10-11-12-13-14-24-30-19-23(20-31-24)25-36-28(26-32-15-21(2)16-33-26)38-29(37-25)27-34-17-22(3)18-35-27/h15-20H,4-14H2,1-3H3. The van der Waals surface area contributed by atoms with Crippen LogP contribution in [0, 0.1) is 13.8 Å². The van der Waals surface area contributed by atoms with E-state index in [1.165, 1.54) is 57.8 Å². The van der Waals surface area contributed by atoms with Crippen molar-refractivity contribution in [2.75, 3.05) is 0 Å². The van der Waals surface area contributed by atoms with Crippen molar-refractivity contribution < 1.29 is 0 Å². The van der Waals surface area contributed by atoms with Crippen LogP contribution in [0.5, 0.6) is 0 Å². The number of aryl methyl sites for hydroxylation is 3. The van der Waals surface area contributed by atoms with E-state index < -0.39 is 0 Å². The molecule has 0 radical (unpaired) electrons. The van der Waals surface area contributed by atoms with E-state index in [0.717, 1.165) is 29.8 Å². The zero-order valence-corrected chi connectivity index (χ0v) is 22.8. The summed E-state index contributed by atoms with van der Waals surface area (Å²) >= 11 is 0. The maximum Gasteiger partial charge on any atom is 0.201 e. The van der Waals surface area contributed by atoms with Gasteiger partial charge in [-0.05, 0) is 31.4 Å². The molecule has 0 amide bonds. The second kappa shape index (κ2) is 14.3. The normalized spacial score (nSPS) is 11.1. The van der Waals surface area contributed by atoms with Crippen molar-refractivity contribution in [3.05, 3.63) is 54.1 Å². The molecule has 0 aliphatic carbocycles. The summed E-state index contributed by atoms with van der Waals surface area (Å²) in [6, 6.07) is 0. The zero-order valence-electron chi connectivity index (χ0n) is 22.8. The lowest BCUT2D eigenvalue weighted by Gasteiger charge is -2.07. The van der Waals surface area contributed by atoms with E-state index in [0.29, 0.717) is 34.7 Å². The molecular formula is C29H37N9. The second-order valence-corrected chi connectivity index (χ2v) is 9.79. The van der Waals surface area contributed by atoms with E-state index in [2.05, 4.69) is 51.8 Å². The van der Waals surface area contributed by atoms with Gasteiger partial charge in [0.25, 0.3) is 0 Å². The first-order valence-corrected chi connectivity index (χ1v) is 13.8. The Labute approximate surface area is 225 Å². The summed E-state index contributed by atoms with van der Waals surface area (Å²) in [7, 11) is 0.